The smallest absolute Gasteiger partial charge is 0.249 e. The second-order valence-corrected chi connectivity index (χ2v) is 9.11. The highest BCUT2D eigenvalue weighted by Crippen LogP contribution is 2.36. The summed E-state index contributed by atoms with van der Waals surface area (Å²) in [7, 11) is -3.85. The number of rotatable bonds is 5. The number of likely N-dealkylation sites (tertiary alicyclic amines) is 1. The molecule has 3 aliphatic rings. The fourth-order valence-corrected chi connectivity index (χ4v) is 5.49. The molecule has 26 heavy (non-hydrogen) atoms. The van der Waals surface area contributed by atoms with Crippen LogP contribution in [0.15, 0.2) is 29.4 Å². The number of carbonyl (C=O) groups is 2. The molecule has 4 rings (SSSR count). The van der Waals surface area contributed by atoms with E-state index in [0.29, 0.717) is 18.9 Å². The molecule has 2 unspecified atom stereocenters. The van der Waals surface area contributed by atoms with Gasteiger partial charge in [-0.05, 0) is 24.8 Å². The molecule has 139 valence electrons. The summed E-state index contributed by atoms with van der Waals surface area (Å²) < 4.78 is 28.3. The van der Waals surface area contributed by atoms with Gasteiger partial charge in [-0.1, -0.05) is 17.5 Å². The number of aromatic nitrogens is 1. The van der Waals surface area contributed by atoms with Crippen molar-refractivity contribution in [2.24, 2.45) is 5.92 Å². The van der Waals surface area contributed by atoms with Crippen LogP contribution in [0.4, 0.5) is 0 Å². The lowest BCUT2D eigenvalue weighted by molar-refractivity contribution is -0.641. The molecule has 3 heterocycles. The molecule has 2 N–H and O–H groups in total. The van der Waals surface area contributed by atoms with Gasteiger partial charge in [-0.2, -0.15) is 4.31 Å². The van der Waals surface area contributed by atoms with Gasteiger partial charge in [-0.25, -0.2) is 14.3 Å². The van der Waals surface area contributed by atoms with Gasteiger partial charge in [0, 0.05) is 12.6 Å². The minimum absolute atomic E-state index is 0.0426. The number of hydrogen-bond acceptors (Lipinski definition) is 5. The number of nitrogens with zero attached hydrogens (tertiary/aromatic N) is 3. The quantitative estimate of drug-likeness (QED) is 0.535. The highest BCUT2D eigenvalue weighted by molar-refractivity contribution is 7.89. The Morgan fingerprint density at radius 2 is 2.12 bits per heavy atom. The van der Waals surface area contributed by atoms with Crippen LogP contribution in [-0.2, 0) is 19.6 Å². The number of hydrogen-bond donors (Lipinski definition) is 1. The van der Waals surface area contributed by atoms with Crippen LogP contribution in [0, 0.1) is 12.3 Å². The second kappa shape index (κ2) is 6.31. The SMILES string of the molecule is N[n+]1cccc(S(=O)(=O)N2CC(=O)C3C2CCN3C(=O)[CH]CC2CC2)c1. The monoisotopic (exact) mass is 378 g/mol. The van der Waals surface area contributed by atoms with Gasteiger partial charge in [0.2, 0.25) is 22.1 Å². The summed E-state index contributed by atoms with van der Waals surface area (Å²) >= 11 is 0. The van der Waals surface area contributed by atoms with E-state index in [1.165, 1.54) is 27.4 Å². The van der Waals surface area contributed by atoms with E-state index in [9.17, 15) is 18.0 Å². The van der Waals surface area contributed by atoms with Crippen molar-refractivity contribution in [3.63, 3.8) is 0 Å². The molecule has 1 aromatic rings. The third-order valence-electron chi connectivity index (χ3n) is 5.38. The molecule has 0 aromatic carbocycles. The van der Waals surface area contributed by atoms with E-state index < -0.39 is 22.1 Å². The highest BCUT2D eigenvalue weighted by Gasteiger charge is 2.53. The Balaban J connectivity index is 1.54. The van der Waals surface area contributed by atoms with Crippen molar-refractivity contribution in [1.29, 1.82) is 0 Å². The van der Waals surface area contributed by atoms with Crippen LogP contribution in [0.2, 0.25) is 0 Å². The van der Waals surface area contributed by atoms with Crippen LogP contribution in [0.5, 0.6) is 0 Å². The lowest BCUT2D eigenvalue weighted by Gasteiger charge is -2.23. The van der Waals surface area contributed by atoms with Gasteiger partial charge in [0.25, 0.3) is 0 Å². The zero-order valence-electron chi connectivity index (χ0n) is 14.3. The van der Waals surface area contributed by atoms with E-state index >= 15 is 0 Å². The highest BCUT2D eigenvalue weighted by atomic mass is 32.2. The van der Waals surface area contributed by atoms with Crippen LogP contribution in [0.1, 0.15) is 25.7 Å². The number of amides is 1. The van der Waals surface area contributed by atoms with Crippen LogP contribution in [0.25, 0.3) is 0 Å². The molecule has 0 spiro atoms. The topological polar surface area (TPSA) is 105 Å². The standard InChI is InChI=1S/C17H22N4O4S/c18-19-8-1-2-13(10-19)26(24,25)21-11-15(22)17-14(21)7-9-20(17)16(23)6-5-12-3-4-12/h1-2,6,8,10,12,14,17H,3-5,7,9,11,18H2/q+1. The summed E-state index contributed by atoms with van der Waals surface area (Å²) in [5.41, 5.74) is 0. The Morgan fingerprint density at radius 1 is 1.35 bits per heavy atom. The van der Waals surface area contributed by atoms with Crippen LogP contribution < -0.4 is 10.5 Å². The normalized spacial score (nSPS) is 26.3. The largest absolute Gasteiger partial charge is 0.331 e. The Morgan fingerprint density at radius 3 is 2.81 bits per heavy atom. The van der Waals surface area contributed by atoms with Gasteiger partial charge in [-0.15, -0.1) is 0 Å². The number of fused-ring (bicyclic) bond motifs is 1. The molecule has 9 heteroatoms. The summed E-state index contributed by atoms with van der Waals surface area (Å²) in [6, 6.07) is 1.82. The average molecular weight is 378 g/mol. The van der Waals surface area contributed by atoms with Gasteiger partial charge in [0.15, 0.2) is 12.0 Å². The van der Waals surface area contributed by atoms with Crippen LogP contribution in [0.3, 0.4) is 0 Å². The van der Waals surface area contributed by atoms with E-state index in [1.807, 2.05) is 0 Å². The zero-order chi connectivity index (χ0) is 18.5. The Hall–Kier alpha value is -2.00. The first-order valence-electron chi connectivity index (χ1n) is 8.82. The molecule has 2 aliphatic heterocycles. The van der Waals surface area contributed by atoms with Crippen molar-refractivity contribution >= 4 is 21.7 Å². The van der Waals surface area contributed by atoms with E-state index in [1.54, 1.807) is 17.4 Å². The summed E-state index contributed by atoms with van der Waals surface area (Å²) in [5, 5.41) is 0. The number of pyridine rings is 1. The first-order valence-corrected chi connectivity index (χ1v) is 10.3. The third kappa shape index (κ3) is 2.99. The fourth-order valence-electron chi connectivity index (χ4n) is 3.84. The first-order chi connectivity index (χ1) is 12.4. The maximum atomic E-state index is 13.0. The van der Waals surface area contributed by atoms with E-state index in [4.69, 9.17) is 5.84 Å². The average Bonchev–Trinajstić information content (AvgIpc) is 3.23. The molecular weight excluding hydrogens is 356 g/mol. The maximum Gasteiger partial charge on any atom is 0.249 e. The fraction of sp³-hybridized carbons (Fsp3) is 0.529. The minimum Gasteiger partial charge on any atom is -0.331 e. The van der Waals surface area contributed by atoms with Crippen LogP contribution in [-0.4, -0.2) is 54.5 Å². The van der Waals surface area contributed by atoms with Gasteiger partial charge >= 0.3 is 0 Å². The molecule has 3 fully saturated rings. The molecule has 1 radical (unpaired) electrons. The Labute approximate surface area is 152 Å². The minimum atomic E-state index is -3.85. The number of Topliss-reactive ketones (excluding diaryl/α,β-unsaturated/α-hetero) is 1. The second-order valence-electron chi connectivity index (χ2n) is 7.22. The van der Waals surface area contributed by atoms with Crippen molar-refractivity contribution in [2.45, 2.75) is 42.7 Å². The first kappa shape index (κ1) is 17.4. The van der Waals surface area contributed by atoms with Crippen molar-refractivity contribution in [3.05, 3.63) is 30.9 Å². The lowest BCUT2D eigenvalue weighted by Crippen LogP contribution is -2.45. The summed E-state index contributed by atoms with van der Waals surface area (Å²) in [6.45, 7) is 0.197. The zero-order valence-corrected chi connectivity index (χ0v) is 15.1. The third-order valence-corrected chi connectivity index (χ3v) is 7.24. The van der Waals surface area contributed by atoms with Crippen LogP contribution >= 0.6 is 0 Å². The number of ketones is 1. The number of carbonyl (C=O) groups excluding carboxylic acids is 2. The van der Waals surface area contributed by atoms with Gasteiger partial charge < -0.3 is 4.90 Å². The maximum absolute atomic E-state index is 13.0. The molecule has 1 aromatic heterocycles. The Kier molecular flexibility index (Phi) is 4.23. The summed E-state index contributed by atoms with van der Waals surface area (Å²) in [5.74, 6) is 5.84. The Bertz CT molecular complexity index is 852. The molecule has 2 saturated heterocycles. The predicted molar refractivity (Wildman–Crippen MR) is 91.2 cm³/mol. The number of nitrogens with two attached hydrogens (primary N) is 1. The predicted octanol–water partition coefficient (Wildman–Crippen LogP) is -0.765. The molecule has 8 nitrogen and oxygen atoms in total. The van der Waals surface area contributed by atoms with Gasteiger partial charge in [-0.3, -0.25) is 9.59 Å². The lowest BCUT2D eigenvalue weighted by atomic mass is 10.1. The van der Waals surface area contributed by atoms with Gasteiger partial charge in [0.1, 0.15) is 10.9 Å². The van der Waals surface area contributed by atoms with E-state index in [2.05, 4.69) is 0 Å². The molecule has 2 atom stereocenters. The van der Waals surface area contributed by atoms with E-state index in [-0.39, 0.29) is 23.1 Å². The van der Waals surface area contributed by atoms with Crippen molar-refractivity contribution in [3.8, 4) is 0 Å². The van der Waals surface area contributed by atoms with Crippen molar-refractivity contribution in [1.82, 2.24) is 9.21 Å². The molecule has 1 saturated carbocycles. The van der Waals surface area contributed by atoms with Gasteiger partial charge in [0.05, 0.1) is 19.0 Å². The summed E-state index contributed by atoms with van der Waals surface area (Å²) in [6.07, 6.45) is 8.01. The molecular formula is C17H22N4O4S+. The molecule has 1 amide bonds. The molecule has 1 aliphatic carbocycles. The van der Waals surface area contributed by atoms with Crippen molar-refractivity contribution < 1.29 is 22.7 Å². The number of nitrogen functional groups attached to an aromatic ring is 1. The van der Waals surface area contributed by atoms with E-state index in [0.717, 1.165) is 19.3 Å². The molecule has 0 bridgehead atoms. The summed E-state index contributed by atoms with van der Waals surface area (Å²) in [4.78, 5) is 26.6. The van der Waals surface area contributed by atoms with Crippen molar-refractivity contribution in [2.75, 3.05) is 18.9 Å². The number of sulfonamides is 1.